The number of aliphatic hydroxyl groups excluding tert-OH is 1. The number of rotatable bonds is 3. The van der Waals surface area contributed by atoms with Gasteiger partial charge in [-0.25, -0.2) is 0 Å². The van der Waals surface area contributed by atoms with Gasteiger partial charge in [-0.1, -0.05) is 0 Å². The van der Waals surface area contributed by atoms with Gasteiger partial charge in [-0.05, 0) is 0 Å². The summed E-state index contributed by atoms with van der Waals surface area (Å²) in [6, 6.07) is 0. The van der Waals surface area contributed by atoms with Gasteiger partial charge >= 0.3 is 5.97 Å². The maximum absolute atomic E-state index is 9.80. The third-order valence-corrected chi connectivity index (χ3v) is 0.727. The lowest BCUT2D eigenvalue weighted by molar-refractivity contribution is -0.138. The third-order valence-electron chi connectivity index (χ3n) is 0.727. The maximum atomic E-state index is 9.80. The van der Waals surface area contributed by atoms with Crippen molar-refractivity contribution < 1.29 is 15.0 Å². The van der Waals surface area contributed by atoms with Crippen LogP contribution in [0.5, 0.6) is 0 Å². The summed E-state index contributed by atoms with van der Waals surface area (Å²) in [6.07, 6.45) is -1.85. The van der Waals surface area contributed by atoms with E-state index in [0.29, 0.717) is 0 Å². The van der Waals surface area contributed by atoms with Crippen LogP contribution in [-0.4, -0.2) is 28.1 Å². The molecule has 0 bridgehead atoms. The van der Waals surface area contributed by atoms with E-state index in [4.69, 9.17) is 21.4 Å². The molecular formula is C4H8N2O3. The normalized spacial score (nSPS) is 12.6. The first-order valence-electron chi connectivity index (χ1n) is 2.28. The van der Waals surface area contributed by atoms with Crippen molar-refractivity contribution in [1.29, 1.82) is 5.41 Å². The number of carbonyl (C=O) groups is 1. The second-order valence-corrected chi connectivity index (χ2v) is 1.57. The molecule has 5 heteroatoms. The van der Waals surface area contributed by atoms with Crippen molar-refractivity contribution in [2.45, 2.75) is 12.5 Å². The highest BCUT2D eigenvalue weighted by atomic mass is 16.4. The highest BCUT2D eigenvalue weighted by Gasteiger charge is 2.10. The van der Waals surface area contributed by atoms with Gasteiger partial charge in [-0.15, -0.1) is 0 Å². The topological polar surface area (TPSA) is 107 Å². The Balaban J connectivity index is 3.63. The number of carboxylic acid groups (broad SMARTS) is 1. The summed E-state index contributed by atoms with van der Waals surface area (Å²) in [7, 11) is 0. The van der Waals surface area contributed by atoms with Gasteiger partial charge in [0, 0.05) is 0 Å². The molecule has 0 radical (unpaired) electrons. The van der Waals surface area contributed by atoms with Crippen molar-refractivity contribution >= 4 is 11.8 Å². The fourth-order valence-electron chi connectivity index (χ4n) is 0.275. The lowest BCUT2D eigenvalue weighted by Gasteiger charge is -2.02. The zero-order valence-corrected chi connectivity index (χ0v) is 4.66. The van der Waals surface area contributed by atoms with Crippen molar-refractivity contribution in [3.8, 4) is 0 Å². The molecule has 0 aromatic rings. The van der Waals surface area contributed by atoms with E-state index in [1.165, 1.54) is 0 Å². The second-order valence-electron chi connectivity index (χ2n) is 1.57. The Morgan fingerprint density at radius 2 is 2.22 bits per heavy atom. The minimum Gasteiger partial charge on any atom is -0.481 e. The zero-order chi connectivity index (χ0) is 7.44. The molecule has 1 atom stereocenters. The van der Waals surface area contributed by atoms with Crippen LogP contribution in [0.2, 0.25) is 0 Å². The van der Waals surface area contributed by atoms with Crippen LogP contribution in [0.1, 0.15) is 6.42 Å². The standard InChI is InChI=1S/C4H8N2O3/c5-4(6)2(7)1-3(8)9/h2,7H,1H2,(H3,5,6)(H,8,9). The first-order valence-corrected chi connectivity index (χ1v) is 2.28. The molecule has 0 saturated heterocycles. The number of nitrogens with one attached hydrogen (secondary N) is 1. The molecule has 0 fully saturated rings. The van der Waals surface area contributed by atoms with E-state index >= 15 is 0 Å². The van der Waals surface area contributed by atoms with E-state index in [1.807, 2.05) is 0 Å². The van der Waals surface area contributed by atoms with Gasteiger partial charge in [0.2, 0.25) is 0 Å². The van der Waals surface area contributed by atoms with E-state index in [-0.39, 0.29) is 0 Å². The number of nitrogens with two attached hydrogens (primary N) is 1. The van der Waals surface area contributed by atoms with Crippen LogP contribution in [-0.2, 0) is 4.79 Å². The molecule has 5 nitrogen and oxygen atoms in total. The molecule has 0 aliphatic rings. The molecule has 5 N–H and O–H groups in total. The third kappa shape index (κ3) is 3.48. The van der Waals surface area contributed by atoms with Gasteiger partial charge in [0.05, 0.1) is 6.42 Å². The lowest BCUT2D eigenvalue weighted by atomic mass is 10.2. The number of hydrogen-bond donors (Lipinski definition) is 4. The first kappa shape index (κ1) is 7.90. The van der Waals surface area contributed by atoms with Crippen LogP contribution in [0.15, 0.2) is 0 Å². The zero-order valence-electron chi connectivity index (χ0n) is 4.66. The monoisotopic (exact) mass is 132 g/mol. The fourth-order valence-corrected chi connectivity index (χ4v) is 0.275. The predicted molar refractivity (Wildman–Crippen MR) is 30.2 cm³/mol. The summed E-state index contributed by atoms with van der Waals surface area (Å²) in [5.74, 6) is -1.69. The van der Waals surface area contributed by atoms with Gasteiger partial charge in [0.15, 0.2) is 0 Å². The van der Waals surface area contributed by atoms with Crippen LogP contribution < -0.4 is 5.73 Å². The molecule has 0 aromatic carbocycles. The Kier molecular flexibility index (Phi) is 2.66. The molecule has 0 aromatic heterocycles. The Morgan fingerprint density at radius 1 is 1.78 bits per heavy atom. The van der Waals surface area contributed by atoms with Crippen LogP contribution in [0.25, 0.3) is 0 Å². The fraction of sp³-hybridized carbons (Fsp3) is 0.500. The molecule has 0 aliphatic heterocycles. The van der Waals surface area contributed by atoms with E-state index < -0.39 is 24.3 Å². The molecule has 0 rings (SSSR count). The quantitative estimate of drug-likeness (QED) is 0.284. The van der Waals surface area contributed by atoms with E-state index in [1.54, 1.807) is 0 Å². The summed E-state index contributed by atoms with van der Waals surface area (Å²) in [5.41, 5.74) is 4.75. The Labute approximate surface area is 51.6 Å². The van der Waals surface area contributed by atoms with Crippen LogP contribution in [0.4, 0.5) is 0 Å². The lowest BCUT2D eigenvalue weighted by Crippen LogP contribution is -2.29. The summed E-state index contributed by atoms with van der Waals surface area (Å²) < 4.78 is 0. The Bertz CT molecular complexity index is 134. The number of aliphatic hydroxyl groups is 1. The highest BCUT2D eigenvalue weighted by molar-refractivity contribution is 5.85. The van der Waals surface area contributed by atoms with Crippen molar-refractivity contribution in [3.05, 3.63) is 0 Å². The van der Waals surface area contributed by atoms with Gasteiger partial charge in [-0.2, -0.15) is 0 Å². The first-order chi connectivity index (χ1) is 4.04. The number of aliphatic carboxylic acids is 1. The summed E-state index contributed by atoms with van der Waals surface area (Å²) in [5, 5.41) is 23.1. The molecule has 9 heavy (non-hydrogen) atoms. The number of amidine groups is 1. The summed E-state index contributed by atoms with van der Waals surface area (Å²) in [6.45, 7) is 0. The van der Waals surface area contributed by atoms with Gasteiger partial charge < -0.3 is 15.9 Å². The SMILES string of the molecule is N=C(N)C(O)CC(=O)O. The summed E-state index contributed by atoms with van der Waals surface area (Å²) >= 11 is 0. The Hall–Kier alpha value is -1.10. The molecule has 52 valence electrons. The maximum Gasteiger partial charge on any atom is 0.306 e. The van der Waals surface area contributed by atoms with E-state index in [2.05, 4.69) is 0 Å². The summed E-state index contributed by atoms with van der Waals surface area (Å²) in [4.78, 5) is 9.80. The minimum atomic E-state index is -1.34. The van der Waals surface area contributed by atoms with Crippen LogP contribution >= 0.6 is 0 Å². The minimum absolute atomic E-state index is 0.505. The smallest absolute Gasteiger partial charge is 0.306 e. The van der Waals surface area contributed by atoms with Crippen molar-refractivity contribution in [3.63, 3.8) is 0 Å². The second kappa shape index (κ2) is 3.03. The van der Waals surface area contributed by atoms with Crippen molar-refractivity contribution in [1.82, 2.24) is 0 Å². The van der Waals surface area contributed by atoms with Crippen molar-refractivity contribution in [2.75, 3.05) is 0 Å². The van der Waals surface area contributed by atoms with Crippen molar-refractivity contribution in [2.24, 2.45) is 5.73 Å². The Morgan fingerprint density at radius 3 is 2.33 bits per heavy atom. The number of hydrogen-bond acceptors (Lipinski definition) is 3. The molecular weight excluding hydrogens is 124 g/mol. The largest absolute Gasteiger partial charge is 0.481 e. The van der Waals surface area contributed by atoms with Crippen LogP contribution in [0, 0.1) is 5.41 Å². The molecule has 0 heterocycles. The predicted octanol–water partition coefficient (Wildman–Crippen LogP) is -1.24. The molecule has 0 aliphatic carbocycles. The van der Waals surface area contributed by atoms with E-state index in [9.17, 15) is 4.79 Å². The van der Waals surface area contributed by atoms with Gasteiger partial charge in [0.25, 0.3) is 0 Å². The van der Waals surface area contributed by atoms with E-state index in [0.717, 1.165) is 0 Å². The molecule has 0 saturated carbocycles. The van der Waals surface area contributed by atoms with Crippen LogP contribution in [0.3, 0.4) is 0 Å². The average molecular weight is 132 g/mol. The van der Waals surface area contributed by atoms with Gasteiger partial charge in [-0.3, -0.25) is 10.2 Å². The average Bonchev–Trinajstić information content (AvgIpc) is 1.63. The number of carboxylic acids is 1. The highest BCUT2D eigenvalue weighted by Crippen LogP contribution is 1.88. The molecule has 0 amide bonds. The van der Waals surface area contributed by atoms with Gasteiger partial charge in [0.1, 0.15) is 11.9 Å². The molecule has 1 unspecified atom stereocenters. The molecule has 0 spiro atoms.